The average molecular weight is 262 g/mol. The van der Waals surface area contributed by atoms with Crippen molar-refractivity contribution in [3.8, 4) is 11.5 Å². The van der Waals surface area contributed by atoms with E-state index in [4.69, 9.17) is 0 Å². The van der Waals surface area contributed by atoms with Gasteiger partial charge in [0.25, 0.3) is 0 Å². The molecule has 1 fully saturated rings. The van der Waals surface area contributed by atoms with E-state index in [1.54, 1.807) is 17.0 Å². The van der Waals surface area contributed by atoms with E-state index < -0.39 is 0 Å². The Bertz CT molecular complexity index is 491. The van der Waals surface area contributed by atoms with Gasteiger partial charge in [0, 0.05) is 43.9 Å². The van der Waals surface area contributed by atoms with Gasteiger partial charge in [0.2, 0.25) is 5.91 Å². The molecule has 5 heteroatoms. The van der Waals surface area contributed by atoms with Gasteiger partial charge < -0.3 is 20.0 Å². The number of hydrogen-bond acceptors (Lipinski definition) is 4. The Morgan fingerprint density at radius 3 is 2.53 bits per heavy atom. The molecule has 5 nitrogen and oxygen atoms in total. The topological polar surface area (TPSA) is 64.0 Å². The van der Waals surface area contributed by atoms with Crippen molar-refractivity contribution in [3.63, 3.8) is 0 Å². The number of rotatable bonds is 2. The highest BCUT2D eigenvalue weighted by atomic mass is 16.3. The zero-order chi connectivity index (χ0) is 13.8. The fourth-order valence-electron chi connectivity index (χ4n) is 1.97. The van der Waals surface area contributed by atoms with Gasteiger partial charge in [0.15, 0.2) is 0 Å². The van der Waals surface area contributed by atoms with Gasteiger partial charge >= 0.3 is 0 Å². The van der Waals surface area contributed by atoms with Crippen LogP contribution >= 0.6 is 0 Å². The van der Waals surface area contributed by atoms with Crippen LogP contribution < -0.4 is 0 Å². The van der Waals surface area contributed by atoms with Crippen LogP contribution in [0.3, 0.4) is 0 Å². The predicted octanol–water partition coefficient (Wildman–Crippen LogP) is 0.885. The van der Waals surface area contributed by atoms with Crippen molar-refractivity contribution >= 4 is 12.0 Å². The summed E-state index contributed by atoms with van der Waals surface area (Å²) in [5.74, 6) is -0.0944. The number of hydrogen-bond donors (Lipinski definition) is 2. The van der Waals surface area contributed by atoms with E-state index in [1.807, 2.05) is 7.05 Å². The third kappa shape index (κ3) is 3.48. The largest absolute Gasteiger partial charge is 0.508 e. The van der Waals surface area contributed by atoms with Crippen molar-refractivity contribution in [1.82, 2.24) is 9.80 Å². The van der Waals surface area contributed by atoms with E-state index in [0.29, 0.717) is 5.56 Å². The number of nitrogens with zero attached hydrogens (tertiary/aromatic N) is 2. The lowest BCUT2D eigenvalue weighted by Crippen LogP contribution is -2.46. The normalized spacial score (nSPS) is 17.0. The van der Waals surface area contributed by atoms with Gasteiger partial charge in [-0.1, -0.05) is 0 Å². The molecule has 1 saturated heterocycles. The molecule has 0 atom stereocenters. The van der Waals surface area contributed by atoms with Crippen LogP contribution in [0.2, 0.25) is 0 Å². The van der Waals surface area contributed by atoms with Crippen molar-refractivity contribution in [1.29, 1.82) is 0 Å². The van der Waals surface area contributed by atoms with Crippen LogP contribution in [0.4, 0.5) is 0 Å². The summed E-state index contributed by atoms with van der Waals surface area (Å²) in [5, 5.41) is 18.8. The number of amides is 1. The molecular weight excluding hydrogens is 244 g/mol. The molecule has 19 heavy (non-hydrogen) atoms. The summed E-state index contributed by atoms with van der Waals surface area (Å²) in [6, 6.07) is 4.29. The molecule has 0 spiro atoms. The Morgan fingerprint density at radius 1 is 1.21 bits per heavy atom. The van der Waals surface area contributed by atoms with Gasteiger partial charge in [-0.2, -0.15) is 0 Å². The molecule has 1 amide bonds. The van der Waals surface area contributed by atoms with Crippen LogP contribution in [-0.4, -0.2) is 59.1 Å². The maximum Gasteiger partial charge on any atom is 0.246 e. The van der Waals surface area contributed by atoms with Crippen molar-refractivity contribution in [2.75, 3.05) is 33.2 Å². The second kappa shape index (κ2) is 5.75. The Kier molecular flexibility index (Phi) is 4.06. The molecule has 0 bridgehead atoms. The van der Waals surface area contributed by atoms with Crippen LogP contribution in [0.5, 0.6) is 11.5 Å². The number of benzene rings is 1. The van der Waals surface area contributed by atoms with E-state index in [2.05, 4.69) is 4.90 Å². The minimum atomic E-state index is -0.0550. The van der Waals surface area contributed by atoms with Gasteiger partial charge in [-0.15, -0.1) is 0 Å². The lowest BCUT2D eigenvalue weighted by Gasteiger charge is -2.31. The molecule has 0 saturated carbocycles. The summed E-state index contributed by atoms with van der Waals surface area (Å²) in [7, 11) is 2.03. The summed E-state index contributed by atoms with van der Waals surface area (Å²) in [5.41, 5.74) is 0.514. The lowest BCUT2D eigenvalue weighted by molar-refractivity contribution is -0.127. The zero-order valence-corrected chi connectivity index (χ0v) is 10.9. The first-order valence-electron chi connectivity index (χ1n) is 6.24. The number of aromatic hydroxyl groups is 2. The molecule has 0 unspecified atom stereocenters. The van der Waals surface area contributed by atoms with E-state index >= 15 is 0 Å². The number of likely N-dealkylation sites (N-methyl/N-ethyl adjacent to an activating group) is 1. The lowest BCUT2D eigenvalue weighted by atomic mass is 10.1. The molecule has 0 aliphatic carbocycles. The molecular formula is C14H18N2O3. The first-order valence-corrected chi connectivity index (χ1v) is 6.24. The maximum absolute atomic E-state index is 11.9. The van der Waals surface area contributed by atoms with Crippen LogP contribution in [-0.2, 0) is 4.79 Å². The third-order valence-electron chi connectivity index (χ3n) is 3.23. The van der Waals surface area contributed by atoms with Crippen LogP contribution in [0.1, 0.15) is 5.56 Å². The van der Waals surface area contributed by atoms with E-state index in [-0.39, 0.29) is 17.4 Å². The second-order valence-electron chi connectivity index (χ2n) is 4.71. The van der Waals surface area contributed by atoms with Crippen LogP contribution in [0, 0.1) is 0 Å². The monoisotopic (exact) mass is 262 g/mol. The summed E-state index contributed by atoms with van der Waals surface area (Å²) in [6.45, 7) is 3.20. The smallest absolute Gasteiger partial charge is 0.246 e. The molecule has 1 aliphatic heterocycles. The molecule has 1 aliphatic rings. The van der Waals surface area contributed by atoms with Gasteiger partial charge in [0.1, 0.15) is 11.5 Å². The van der Waals surface area contributed by atoms with Crippen molar-refractivity contribution < 1.29 is 15.0 Å². The predicted molar refractivity (Wildman–Crippen MR) is 72.9 cm³/mol. The minimum absolute atomic E-state index is 0.0000410. The molecule has 1 aromatic carbocycles. The number of phenolic OH excluding ortho intramolecular Hbond substituents is 2. The molecule has 1 aromatic rings. The van der Waals surface area contributed by atoms with E-state index in [9.17, 15) is 15.0 Å². The second-order valence-corrected chi connectivity index (χ2v) is 4.71. The molecule has 0 aromatic heterocycles. The molecule has 2 rings (SSSR count). The summed E-state index contributed by atoms with van der Waals surface area (Å²) in [4.78, 5) is 15.9. The summed E-state index contributed by atoms with van der Waals surface area (Å²) >= 11 is 0. The molecule has 1 heterocycles. The van der Waals surface area contributed by atoms with Crippen LogP contribution in [0.25, 0.3) is 6.08 Å². The fourth-order valence-corrected chi connectivity index (χ4v) is 1.97. The third-order valence-corrected chi connectivity index (χ3v) is 3.23. The Hall–Kier alpha value is -2.01. The minimum Gasteiger partial charge on any atom is -0.508 e. The molecule has 2 N–H and O–H groups in total. The first-order chi connectivity index (χ1) is 9.06. The Labute approximate surface area is 112 Å². The zero-order valence-electron chi connectivity index (χ0n) is 10.9. The highest BCUT2D eigenvalue weighted by Crippen LogP contribution is 2.23. The SMILES string of the molecule is CN1CCN(C(=O)/C=C/c2ccc(O)cc2O)CC1. The van der Waals surface area contributed by atoms with Crippen molar-refractivity contribution in [3.05, 3.63) is 29.8 Å². The van der Waals surface area contributed by atoms with Gasteiger partial charge in [0.05, 0.1) is 0 Å². The van der Waals surface area contributed by atoms with Crippen molar-refractivity contribution in [2.24, 2.45) is 0 Å². The number of piperazine rings is 1. The average Bonchev–Trinajstić information content (AvgIpc) is 2.38. The Morgan fingerprint density at radius 2 is 1.89 bits per heavy atom. The highest BCUT2D eigenvalue weighted by molar-refractivity contribution is 5.92. The fraction of sp³-hybridized carbons (Fsp3) is 0.357. The summed E-state index contributed by atoms with van der Waals surface area (Å²) in [6.07, 6.45) is 3.02. The quantitative estimate of drug-likeness (QED) is 0.777. The van der Waals surface area contributed by atoms with Gasteiger partial charge in [-0.25, -0.2) is 0 Å². The van der Waals surface area contributed by atoms with Crippen LogP contribution in [0.15, 0.2) is 24.3 Å². The highest BCUT2D eigenvalue weighted by Gasteiger charge is 2.16. The van der Waals surface area contributed by atoms with E-state index in [0.717, 1.165) is 26.2 Å². The first kappa shape index (κ1) is 13.4. The number of phenols is 2. The van der Waals surface area contributed by atoms with Gasteiger partial charge in [-0.3, -0.25) is 4.79 Å². The van der Waals surface area contributed by atoms with Crippen molar-refractivity contribution in [2.45, 2.75) is 0 Å². The van der Waals surface area contributed by atoms with Gasteiger partial charge in [-0.05, 0) is 25.3 Å². The van der Waals surface area contributed by atoms with E-state index in [1.165, 1.54) is 18.2 Å². The number of carbonyl (C=O) groups excluding carboxylic acids is 1. The number of carbonyl (C=O) groups is 1. The standard InChI is InChI=1S/C14H18N2O3/c1-15-6-8-16(9-7-15)14(19)5-3-11-2-4-12(17)10-13(11)18/h2-5,10,17-18H,6-9H2,1H3/b5-3+. The molecule has 0 radical (unpaired) electrons. The maximum atomic E-state index is 11.9. The summed E-state index contributed by atoms with van der Waals surface area (Å²) < 4.78 is 0. The molecule has 102 valence electrons. The Balaban J connectivity index is 2.00.